The molecule has 0 bridgehead atoms. The lowest BCUT2D eigenvalue weighted by Gasteiger charge is -2.18. The molecule has 1 fully saturated rings. The van der Waals surface area contributed by atoms with Crippen LogP contribution in [0, 0.1) is 0 Å². The van der Waals surface area contributed by atoms with Gasteiger partial charge >= 0.3 is 0 Å². The van der Waals surface area contributed by atoms with Crippen LogP contribution in [0.2, 0.25) is 0 Å². The summed E-state index contributed by atoms with van der Waals surface area (Å²) >= 11 is 0. The Labute approximate surface area is 98.0 Å². The van der Waals surface area contributed by atoms with Crippen molar-refractivity contribution in [2.75, 3.05) is 20.3 Å². The molecule has 96 valence electrons. The highest BCUT2D eigenvalue weighted by Gasteiger charge is 2.26. The highest BCUT2D eigenvalue weighted by Crippen LogP contribution is 2.18. The summed E-state index contributed by atoms with van der Waals surface area (Å²) in [6.07, 6.45) is 2.33. The van der Waals surface area contributed by atoms with Crippen molar-refractivity contribution in [3.8, 4) is 0 Å². The Bertz CT molecular complexity index is 301. The molecule has 0 radical (unpaired) electrons. The highest BCUT2D eigenvalue weighted by atomic mass is 32.2. The van der Waals surface area contributed by atoms with E-state index in [9.17, 15) is 8.42 Å². The lowest BCUT2D eigenvalue weighted by molar-refractivity contribution is 0.180. The van der Waals surface area contributed by atoms with Gasteiger partial charge in [-0.25, -0.2) is 13.1 Å². The van der Waals surface area contributed by atoms with Crippen LogP contribution in [0.5, 0.6) is 0 Å². The number of ether oxygens (including phenoxy) is 1. The molecule has 2 unspecified atom stereocenters. The van der Waals surface area contributed by atoms with E-state index in [1.165, 1.54) is 12.8 Å². The maximum absolute atomic E-state index is 11.8. The molecule has 6 heteroatoms. The fraction of sp³-hybridized carbons (Fsp3) is 1.00. The Hall–Kier alpha value is -0.170. The normalized spacial score (nSPS) is 20.7. The van der Waals surface area contributed by atoms with Gasteiger partial charge in [-0.3, -0.25) is 0 Å². The Morgan fingerprint density at radius 1 is 1.38 bits per heavy atom. The molecule has 0 aromatic rings. The van der Waals surface area contributed by atoms with Crippen LogP contribution in [0.1, 0.15) is 26.7 Å². The third-order valence-electron chi connectivity index (χ3n) is 2.58. The number of nitrogens with one attached hydrogen (secondary N) is 2. The monoisotopic (exact) mass is 250 g/mol. The Balaban J connectivity index is 2.34. The molecular formula is C10H22N2O3S. The molecule has 0 aromatic heterocycles. The van der Waals surface area contributed by atoms with E-state index in [1.54, 1.807) is 21.0 Å². The van der Waals surface area contributed by atoms with Crippen molar-refractivity contribution in [3.05, 3.63) is 0 Å². The van der Waals surface area contributed by atoms with Gasteiger partial charge in [0.2, 0.25) is 10.0 Å². The van der Waals surface area contributed by atoms with Gasteiger partial charge in [0.1, 0.15) is 0 Å². The molecule has 1 aliphatic rings. The zero-order valence-corrected chi connectivity index (χ0v) is 11.0. The number of hydrogen-bond donors (Lipinski definition) is 2. The molecule has 16 heavy (non-hydrogen) atoms. The number of hydrogen-bond acceptors (Lipinski definition) is 4. The van der Waals surface area contributed by atoms with Crippen molar-refractivity contribution in [1.29, 1.82) is 0 Å². The minimum absolute atomic E-state index is 0.182. The molecule has 0 heterocycles. The van der Waals surface area contributed by atoms with Crippen LogP contribution in [-0.4, -0.2) is 46.0 Å². The minimum atomic E-state index is -3.24. The number of rotatable bonds is 8. The van der Waals surface area contributed by atoms with Gasteiger partial charge in [-0.2, -0.15) is 0 Å². The first kappa shape index (κ1) is 13.9. The Kier molecular flexibility index (Phi) is 5.17. The van der Waals surface area contributed by atoms with Gasteiger partial charge in [0.15, 0.2) is 0 Å². The van der Waals surface area contributed by atoms with Gasteiger partial charge in [0, 0.05) is 25.7 Å². The van der Waals surface area contributed by atoms with Crippen molar-refractivity contribution in [2.45, 2.75) is 44.0 Å². The summed E-state index contributed by atoms with van der Waals surface area (Å²) in [4.78, 5) is 0. The van der Waals surface area contributed by atoms with Gasteiger partial charge in [-0.05, 0) is 26.7 Å². The van der Waals surface area contributed by atoms with Crippen LogP contribution in [0.15, 0.2) is 0 Å². The summed E-state index contributed by atoms with van der Waals surface area (Å²) < 4.78 is 31.2. The maximum atomic E-state index is 11.8. The van der Waals surface area contributed by atoms with Crippen LogP contribution in [-0.2, 0) is 14.8 Å². The predicted octanol–water partition coefficient (Wildman–Crippen LogP) is 0.0812. The lowest BCUT2D eigenvalue weighted by atomic mass is 10.4. The van der Waals surface area contributed by atoms with Crippen molar-refractivity contribution < 1.29 is 13.2 Å². The van der Waals surface area contributed by atoms with Crippen LogP contribution >= 0.6 is 0 Å². The molecule has 1 saturated carbocycles. The summed E-state index contributed by atoms with van der Waals surface area (Å²) in [6, 6.07) is 0.354. The second-order valence-corrected chi connectivity index (χ2v) is 6.64. The van der Waals surface area contributed by atoms with Crippen LogP contribution in [0.4, 0.5) is 0 Å². The van der Waals surface area contributed by atoms with E-state index in [-0.39, 0.29) is 6.04 Å². The van der Waals surface area contributed by atoms with E-state index in [4.69, 9.17) is 4.74 Å². The fourth-order valence-corrected chi connectivity index (χ4v) is 2.59. The molecule has 0 aromatic carbocycles. The fourth-order valence-electron chi connectivity index (χ4n) is 1.41. The van der Waals surface area contributed by atoms with Crippen molar-refractivity contribution in [2.24, 2.45) is 0 Å². The van der Waals surface area contributed by atoms with Gasteiger partial charge in [0.05, 0.1) is 11.9 Å². The van der Waals surface area contributed by atoms with E-state index in [0.717, 1.165) is 0 Å². The minimum Gasteiger partial charge on any atom is -0.383 e. The number of methoxy groups -OCH3 is 1. The molecule has 0 aliphatic heterocycles. The van der Waals surface area contributed by atoms with E-state index >= 15 is 0 Å². The Morgan fingerprint density at radius 2 is 2.00 bits per heavy atom. The van der Waals surface area contributed by atoms with E-state index in [1.807, 2.05) is 0 Å². The smallest absolute Gasteiger partial charge is 0.215 e. The second kappa shape index (κ2) is 5.95. The molecule has 1 aliphatic carbocycles. The zero-order valence-electron chi connectivity index (χ0n) is 10.2. The molecule has 2 atom stereocenters. The quantitative estimate of drug-likeness (QED) is 0.640. The summed E-state index contributed by atoms with van der Waals surface area (Å²) in [5.74, 6) is 0. The second-order valence-electron chi connectivity index (χ2n) is 4.51. The number of sulfonamides is 1. The van der Waals surface area contributed by atoms with E-state index < -0.39 is 15.3 Å². The average molecular weight is 250 g/mol. The van der Waals surface area contributed by atoms with Crippen molar-refractivity contribution in [3.63, 3.8) is 0 Å². The van der Waals surface area contributed by atoms with E-state index in [2.05, 4.69) is 10.0 Å². The average Bonchev–Trinajstić information content (AvgIpc) is 2.96. The van der Waals surface area contributed by atoms with Crippen molar-refractivity contribution in [1.82, 2.24) is 10.0 Å². The largest absolute Gasteiger partial charge is 0.383 e. The van der Waals surface area contributed by atoms with Crippen molar-refractivity contribution >= 4 is 10.0 Å². The van der Waals surface area contributed by atoms with Crippen LogP contribution < -0.4 is 10.0 Å². The zero-order chi connectivity index (χ0) is 12.2. The lowest BCUT2D eigenvalue weighted by Crippen LogP contribution is -2.44. The van der Waals surface area contributed by atoms with Gasteiger partial charge in [-0.1, -0.05) is 0 Å². The molecular weight excluding hydrogens is 228 g/mol. The molecule has 0 spiro atoms. The van der Waals surface area contributed by atoms with Gasteiger partial charge < -0.3 is 10.1 Å². The van der Waals surface area contributed by atoms with Crippen LogP contribution in [0.3, 0.4) is 0 Å². The van der Waals surface area contributed by atoms with Gasteiger partial charge in [0.25, 0.3) is 0 Å². The SMILES string of the molecule is COCC(C)NS(=O)(=O)C(C)CNC1CC1. The van der Waals surface area contributed by atoms with E-state index in [0.29, 0.717) is 19.2 Å². The molecule has 5 nitrogen and oxygen atoms in total. The topological polar surface area (TPSA) is 67.4 Å². The summed E-state index contributed by atoms with van der Waals surface area (Å²) in [7, 11) is -1.68. The Morgan fingerprint density at radius 3 is 2.50 bits per heavy atom. The summed E-state index contributed by atoms with van der Waals surface area (Å²) in [5.41, 5.74) is 0. The maximum Gasteiger partial charge on any atom is 0.215 e. The third-order valence-corrected chi connectivity index (χ3v) is 4.54. The first-order valence-corrected chi connectivity index (χ1v) is 7.24. The first-order valence-electron chi connectivity index (χ1n) is 5.69. The van der Waals surface area contributed by atoms with Gasteiger partial charge in [-0.15, -0.1) is 0 Å². The summed E-state index contributed by atoms with van der Waals surface area (Å²) in [5, 5.41) is 2.81. The molecule has 0 amide bonds. The third kappa shape index (κ3) is 4.78. The molecule has 2 N–H and O–H groups in total. The van der Waals surface area contributed by atoms with Crippen LogP contribution in [0.25, 0.3) is 0 Å². The molecule has 0 saturated heterocycles. The highest BCUT2D eigenvalue weighted by molar-refractivity contribution is 7.90. The molecule has 1 rings (SSSR count). The summed E-state index contributed by atoms with van der Waals surface area (Å²) in [6.45, 7) is 4.42. The standard InChI is InChI=1S/C10H22N2O3S/c1-8(7-15-3)12-16(13,14)9(2)6-11-10-4-5-10/h8-12H,4-7H2,1-3H3. The predicted molar refractivity (Wildman–Crippen MR) is 63.9 cm³/mol. The first-order chi connectivity index (χ1) is 7.45.